The summed E-state index contributed by atoms with van der Waals surface area (Å²) in [4.78, 5) is 32.4. The van der Waals surface area contributed by atoms with Crippen molar-refractivity contribution < 1.29 is 19.5 Å². The third kappa shape index (κ3) is 5.50. The number of amides is 1. The molecule has 0 spiro atoms. The van der Waals surface area contributed by atoms with E-state index in [0.717, 1.165) is 0 Å². The van der Waals surface area contributed by atoms with Crippen LogP contribution in [0.1, 0.15) is 35.2 Å². The Morgan fingerprint density at radius 1 is 1.11 bits per heavy atom. The van der Waals surface area contributed by atoms with Crippen LogP contribution in [0, 0.1) is 11.8 Å². The molecule has 0 aliphatic carbocycles. The van der Waals surface area contributed by atoms with Crippen LogP contribution in [-0.4, -0.2) is 22.8 Å². The maximum Gasteiger partial charge on any atom is 0.303 e. The number of ketones is 1. The summed E-state index contributed by atoms with van der Waals surface area (Å²) >= 11 is 0. The van der Waals surface area contributed by atoms with Gasteiger partial charge in [-0.05, 0) is 12.1 Å². The van der Waals surface area contributed by atoms with Gasteiger partial charge in [-0.25, -0.2) is 0 Å². The van der Waals surface area contributed by atoms with Crippen molar-refractivity contribution in [2.45, 2.75) is 19.3 Å². The third-order valence-corrected chi connectivity index (χ3v) is 2.27. The Morgan fingerprint density at radius 2 is 1.74 bits per heavy atom. The number of benzene rings is 1. The second-order valence-electron chi connectivity index (χ2n) is 3.84. The molecule has 98 valence electrons. The highest BCUT2D eigenvalue weighted by Gasteiger charge is 2.07. The summed E-state index contributed by atoms with van der Waals surface area (Å²) in [6.07, 6.45) is -0.222. The quantitative estimate of drug-likeness (QED) is 0.608. The van der Waals surface area contributed by atoms with Crippen LogP contribution in [0.5, 0.6) is 0 Å². The lowest BCUT2D eigenvalue weighted by Gasteiger charge is -1.99. The summed E-state index contributed by atoms with van der Waals surface area (Å²) in [5.74, 6) is 3.63. The fourth-order valence-electron chi connectivity index (χ4n) is 1.34. The van der Waals surface area contributed by atoms with Crippen molar-refractivity contribution in [3.05, 3.63) is 35.4 Å². The van der Waals surface area contributed by atoms with Gasteiger partial charge in [0.25, 0.3) is 0 Å². The van der Waals surface area contributed by atoms with Gasteiger partial charge in [-0.3, -0.25) is 14.4 Å². The molecule has 5 nitrogen and oxygen atoms in total. The first-order valence-electron chi connectivity index (χ1n) is 5.61. The number of hydrogen-bond acceptors (Lipinski definition) is 3. The summed E-state index contributed by atoms with van der Waals surface area (Å²) in [7, 11) is 0. The molecule has 3 N–H and O–H groups in total. The van der Waals surface area contributed by atoms with Crippen molar-refractivity contribution in [1.82, 2.24) is 0 Å². The molecule has 0 aliphatic rings. The second kappa shape index (κ2) is 6.97. The lowest BCUT2D eigenvalue weighted by molar-refractivity contribution is -0.137. The number of hydrogen-bond donors (Lipinski definition) is 2. The minimum atomic E-state index is -0.998. The van der Waals surface area contributed by atoms with E-state index in [-0.39, 0.29) is 25.0 Å². The largest absolute Gasteiger partial charge is 0.481 e. The van der Waals surface area contributed by atoms with E-state index in [4.69, 9.17) is 10.8 Å². The van der Waals surface area contributed by atoms with Crippen LogP contribution < -0.4 is 5.73 Å². The third-order valence-electron chi connectivity index (χ3n) is 2.27. The fraction of sp³-hybridized carbons (Fsp3) is 0.214. The van der Waals surface area contributed by atoms with E-state index >= 15 is 0 Å². The normalized spacial score (nSPS) is 9.26. The predicted molar refractivity (Wildman–Crippen MR) is 68.3 cm³/mol. The number of carbonyl (C=O) groups is 3. The van der Waals surface area contributed by atoms with Gasteiger partial charge in [0.2, 0.25) is 5.91 Å². The molecule has 0 radical (unpaired) electrons. The Morgan fingerprint density at radius 3 is 2.26 bits per heavy atom. The first kappa shape index (κ1) is 14.5. The Hall–Kier alpha value is -2.61. The number of primary amides is 1. The Balaban J connectivity index is 2.64. The van der Waals surface area contributed by atoms with Gasteiger partial charge in [0.05, 0.1) is 12.8 Å². The average Bonchev–Trinajstić information content (AvgIpc) is 2.36. The number of aliphatic carboxylic acids is 1. The number of carboxylic acids is 1. The number of nitrogens with two attached hydrogens (primary N) is 1. The molecule has 0 bridgehead atoms. The molecule has 0 saturated carbocycles. The van der Waals surface area contributed by atoms with Gasteiger partial charge in [-0.1, -0.05) is 24.0 Å². The van der Waals surface area contributed by atoms with E-state index in [9.17, 15) is 14.4 Å². The molecule has 1 aromatic rings. The van der Waals surface area contributed by atoms with Gasteiger partial charge in [-0.2, -0.15) is 0 Å². The molecule has 0 heterocycles. The number of Topliss-reactive ketones (excluding diaryl/α,β-unsaturated/α-hetero) is 1. The van der Waals surface area contributed by atoms with E-state index in [1.807, 2.05) is 0 Å². The van der Waals surface area contributed by atoms with Gasteiger partial charge in [0, 0.05) is 17.5 Å². The van der Waals surface area contributed by atoms with Crippen LogP contribution in [0.4, 0.5) is 0 Å². The molecule has 5 heteroatoms. The Labute approximate surface area is 110 Å². The van der Waals surface area contributed by atoms with Gasteiger partial charge in [-0.15, -0.1) is 0 Å². The zero-order valence-electron chi connectivity index (χ0n) is 10.2. The summed E-state index contributed by atoms with van der Waals surface area (Å²) in [6, 6.07) is 6.45. The summed E-state index contributed by atoms with van der Waals surface area (Å²) < 4.78 is 0. The summed E-state index contributed by atoms with van der Waals surface area (Å²) in [5.41, 5.74) is 6.05. The van der Waals surface area contributed by atoms with Crippen LogP contribution in [0.2, 0.25) is 0 Å². The molecule has 1 amide bonds. The maximum absolute atomic E-state index is 11.6. The fourth-order valence-corrected chi connectivity index (χ4v) is 1.34. The van der Waals surface area contributed by atoms with Crippen LogP contribution in [0.15, 0.2) is 24.3 Å². The predicted octanol–water partition coefficient (Wildman–Crippen LogP) is 0.961. The first-order valence-corrected chi connectivity index (χ1v) is 5.61. The molecule has 0 unspecified atom stereocenters. The zero-order valence-corrected chi connectivity index (χ0v) is 10.2. The molecule has 19 heavy (non-hydrogen) atoms. The monoisotopic (exact) mass is 259 g/mol. The van der Waals surface area contributed by atoms with Gasteiger partial charge in [0.1, 0.15) is 0 Å². The lowest BCUT2D eigenvalue weighted by atomic mass is 10.0. The van der Waals surface area contributed by atoms with Crippen molar-refractivity contribution in [2.75, 3.05) is 0 Å². The van der Waals surface area contributed by atoms with E-state index in [0.29, 0.717) is 11.1 Å². The molecule has 0 atom stereocenters. The molecule has 0 fully saturated rings. The first-order chi connectivity index (χ1) is 8.99. The van der Waals surface area contributed by atoms with E-state index in [1.54, 1.807) is 24.3 Å². The number of rotatable bonds is 5. The van der Waals surface area contributed by atoms with Crippen molar-refractivity contribution in [1.29, 1.82) is 0 Å². The van der Waals surface area contributed by atoms with Crippen molar-refractivity contribution in [3.63, 3.8) is 0 Å². The number of carbonyl (C=O) groups excluding carboxylic acids is 2. The molecule has 0 saturated heterocycles. The van der Waals surface area contributed by atoms with Crippen LogP contribution >= 0.6 is 0 Å². The van der Waals surface area contributed by atoms with Crippen LogP contribution in [0.25, 0.3) is 0 Å². The molecule has 0 aromatic heterocycles. The SMILES string of the molecule is NC(=O)CC#Cc1ccc(C(=O)CCC(=O)O)cc1. The van der Waals surface area contributed by atoms with E-state index in [1.165, 1.54) is 0 Å². The van der Waals surface area contributed by atoms with Crippen LogP contribution in [0.3, 0.4) is 0 Å². The highest BCUT2D eigenvalue weighted by Crippen LogP contribution is 2.07. The average molecular weight is 259 g/mol. The molecular weight excluding hydrogens is 246 g/mol. The van der Waals surface area contributed by atoms with Crippen molar-refractivity contribution in [2.24, 2.45) is 5.73 Å². The lowest BCUT2D eigenvalue weighted by Crippen LogP contribution is -2.08. The topological polar surface area (TPSA) is 97.5 Å². The van der Waals surface area contributed by atoms with E-state index < -0.39 is 11.9 Å². The molecular formula is C14H13NO4. The highest BCUT2D eigenvalue weighted by molar-refractivity contribution is 5.97. The van der Waals surface area contributed by atoms with Crippen molar-refractivity contribution >= 4 is 17.7 Å². The Bertz CT molecular complexity index is 549. The second-order valence-corrected chi connectivity index (χ2v) is 3.84. The number of carboxylic acid groups (broad SMARTS) is 1. The highest BCUT2D eigenvalue weighted by atomic mass is 16.4. The van der Waals surface area contributed by atoms with Crippen LogP contribution in [-0.2, 0) is 9.59 Å². The standard InChI is InChI=1S/C14H13NO4/c15-13(17)3-1-2-10-4-6-11(7-5-10)12(16)8-9-14(18)19/h4-7H,3,8-9H2,(H2,15,17)(H,18,19). The minimum absolute atomic E-state index is 0.0146. The van der Waals surface area contributed by atoms with Crippen molar-refractivity contribution in [3.8, 4) is 11.8 Å². The molecule has 0 aliphatic heterocycles. The zero-order chi connectivity index (χ0) is 14.3. The summed E-state index contributed by atoms with van der Waals surface area (Å²) in [5, 5.41) is 8.49. The molecule has 1 aromatic carbocycles. The molecule has 1 rings (SSSR count). The maximum atomic E-state index is 11.6. The minimum Gasteiger partial charge on any atom is -0.481 e. The van der Waals surface area contributed by atoms with E-state index in [2.05, 4.69) is 11.8 Å². The summed E-state index contributed by atoms with van der Waals surface area (Å²) in [6.45, 7) is 0. The van der Waals surface area contributed by atoms with Gasteiger partial charge < -0.3 is 10.8 Å². The van der Waals surface area contributed by atoms with Gasteiger partial charge >= 0.3 is 5.97 Å². The smallest absolute Gasteiger partial charge is 0.303 e. The Kier molecular flexibility index (Phi) is 5.30. The van der Waals surface area contributed by atoms with Gasteiger partial charge in [0.15, 0.2) is 5.78 Å².